The Labute approximate surface area is 110 Å². The number of aliphatic hydroxyl groups is 1. The Kier molecular flexibility index (Phi) is 2.76. The predicted molar refractivity (Wildman–Crippen MR) is 60.9 cm³/mol. The zero-order valence-corrected chi connectivity index (χ0v) is 9.97. The van der Waals surface area contributed by atoms with Crippen LogP contribution in [-0.4, -0.2) is 49.5 Å². The summed E-state index contributed by atoms with van der Waals surface area (Å²) in [5.74, 6) is -1.27. The maximum absolute atomic E-state index is 14.0. The molecule has 0 saturated carbocycles. The second-order valence-electron chi connectivity index (χ2n) is 4.36. The molecule has 0 radical (unpaired) electrons. The molecule has 10 heteroatoms. The normalized spacial score (nSPS) is 29.9. The molecule has 20 heavy (non-hydrogen) atoms. The van der Waals surface area contributed by atoms with Crippen molar-refractivity contribution in [3.05, 3.63) is 12.7 Å². The van der Waals surface area contributed by atoms with Crippen LogP contribution in [0.25, 0.3) is 11.2 Å². The van der Waals surface area contributed by atoms with Crippen molar-refractivity contribution in [3.63, 3.8) is 0 Å². The molecule has 0 spiro atoms. The molecule has 5 N–H and O–H groups in total. The van der Waals surface area contributed by atoms with Gasteiger partial charge in [0.1, 0.15) is 6.10 Å². The topological polar surface area (TPSA) is 138 Å². The number of nitrogens with one attached hydrogen (secondary N) is 1. The lowest BCUT2D eigenvalue weighted by Gasteiger charge is -2.09. The number of halogens is 1. The zero-order valence-electron chi connectivity index (χ0n) is 9.97. The third-order valence-electron chi connectivity index (χ3n) is 3.16. The van der Waals surface area contributed by atoms with E-state index in [4.69, 9.17) is 15.6 Å². The number of imidazole rings is 1. The van der Waals surface area contributed by atoms with E-state index < -0.39 is 30.6 Å². The van der Waals surface area contributed by atoms with Gasteiger partial charge < -0.3 is 20.7 Å². The summed E-state index contributed by atoms with van der Waals surface area (Å²) in [7, 11) is 0. The van der Waals surface area contributed by atoms with Crippen molar-refractivity contribution in [2.24, 2.45) is 0 Å². The molecule has 4 unspecified atom stereocenters. The summed E-state index contributed by atoms with van der Waals surface area (Å²) in [4.78, 5) is 21.3. The molecular formula is C10H11FN5O4+. The zero-order chi connectivity index (χ0) is 14.4. The molecule has 2 aromatic rings. The molecule has 0 amide bonds. The largest absolute Gasteiger partial charge is 0.479 e. The van der Waals surface area contributed by atoms with E-state index in [1.165, 1.54) is 17.2 Å². The summed E-state index contributed by atoms with van der Waals surface area (Å²) in [5.41, 5.74) is 6.26. The van der Waals surface area contributed by atoms with Gasteiger partial charge in [0, 0.05) is 0 Å². The highest BCUT2D eigenvalue weighted by atomic mass is 19.1. The predicted octanol–water partition coefficient (Wildman–Crippen LogP) is -1.49. The number of aliphatic carboxylic acids is 1. The average Bonchev–Trinajstić information content (AvgIpc) is 2.94. The van der Waals surface area contributed by atoms with Gasteiger partial charge >= 0.3 is 11.6 Å². The van der Waals surface area contributed by atoms with Crippen LogP contribution >= 0.6 is 0 Å². The highest BCUT2D eigenvalue weighted by molar-refractivity contribution is 5.78. The molecule has 2 aromatic heterocycles. The molecule has 3 rings (SSSR count). The van der Waals surface area contributed by atoms with Gasteiger partial charge in [0.05, 0.1) is 0 Å². The first-order chi connectivity index (χ1) is 9.50. The van der Waals surface area contributed by atoms with Gasteiger partial charge in [0.25, 0.3) is 0 Å². The monoisotopic (exact) mass is 284 g/mol. The van der Waals surface area contributed by atoms with Crippen molar-refractivity contribution >= 4 is 23.0 Å². The SMILES string of the molecule is Nc1ncnc2c1[nH]c[n+]2C1OC(C(=O)O)C(O)C1F. The minimum atomic E-state index is -1.91. The van der Waals surface area contributed by atoms with E-state index in [0.29, 0.717) is 5.52 Å². The Morgan fingerprint density at radius 2 is 2.30 bits per heavy atom. The number of ether oxygens (including phenoxy) is 1. The van der Waals surface area contributed by atoms with E-state index in [0.717, 1.165) is 0 Å². The Morgan fingerprint density at radius 3 is 2.95 bits per heavy atom. The molecule has 4 atom stereocenters. The lowest BCUT2D eigenvalue weighted by molar-refractivity contribution is -0.742. The van der Waals surface area contributed by atoms with Gasteiger partial charge in [-0.1, -0.05) is 4.98 Å². The number of carbonyl (C=O) groups is 1. The Hall–Kier alpha value is -2.33. The van der Waals surface area contributed by atoms with Crippen LogP contribution in [0, 0.1) is 0 Å². The molecule has 106 valence electrons. The molecule has 1 aliphatic heterocycles. The lowest BCUT2D eigenvalue weighted by Crippen LogP contribution is -2.44. The number of nitrogens with zero attached hydrogens (tertiary/aromatic N) is 3. The van der Waals surface area contributed by atoms with Gasteiger partial charge in [-0.15, -0.1) is 0 Å². The number of hydrogen-bond acceptors (Lipinski definition) is 6. The molecule has 1 fully saturated rings. The van der Waals surface area contributed by atoms with Crippen molar-refractivity contribution in [2.75, 3.05) is 5.73 Å². The van der Waals surface area contributed by atoms with Crippen molar-refractivity contribution in [3.8, 4) is 0 Å². The Bertz CT molecular complexity index is 677. The fraction of sp³-hybridized carbons (Fsp3) is 0.400. The number of fused-ring (bicyclic) bond motifs is 1. The molecule has 0 bridgehead atoms. The molecule has 3 heterocycles. The highest BCUT2D eigenvalue weighted by Crippen LogP contribution is 2.29. The Balaban J connectivity index is 2.04. The van der Waals surface area contributed by atoms with Crippen molar-refractivity contribution in [1.29, 1.82) is 0 Å². The number of alkyl halides is 1. The van der Waals surface area contributed by atoms with Crippen LogP contribution in [0.3, 0.4) is 0 Å². The number of H-pyrrole nitrogens is 1. The van der Waals surface area contributed by atoms with Crippen molar-refractivity contribution in [1.82, 2.24) is 15.0 Å². The summed E-state index contributed by atoms with van der Waals surface area (Å²) >= 11 is 0. The minimum absolute atomic E-state index is 0.164. The van der Waals surface area contributed by atoms with E-state index >= 15 is 0 Å². The fourth-order valence-corrected chi connectivity index (χ4v) is 2.18. The number of hydrogen-bond donors (Lipinski definition) is 4. The Morgan fingerprint density at radius 1 is 1.55 bits per heavy atom. The average molecular weight is 284 g/mol. The third-order valence-corrected chi connectivity index (χ3v) is 3.16. The summed E-state index contributed by atoms with van der Waals surface area (Å²) in [5, 5.41) is 18.4. The highest BCUT2D eigenvalue weighted by Gasteiger charge is 2.51. The van der Waals surface area contributed by atoms with E-state index in [-0.39, 0.29) is 11.5 Å². The van der Waals surface area contributed by atoms with E-state index in [2.05, 4.69) is 15.0 Å². The summed E-state index contributed by atoms with van der Waals surface area (Å²) < 4.78 is 20.3. The van der Waals surface area contributed by atoms with Gasteiger partial charge in [-0.2, -0.15) is 4.98 Å². The molecule has 1 saturated heterocycles. The first kappa shape index (κ1) is 12.7. The van der Waals surface area contributed by atoms with Crippen LogP contribution in [0.5, 0.6) is 0 Å². The number of anilines is 1. The number of aromatic amines is 1. The first-order valence-corrected chi connectivity index (χ1v) is 5.70. The van der Waals surface area contributed by atoms with Crippen LogP contribution in [-0.2, 0) is 9.53 Å². The van der Waals surface area contributed by atoms with Gasteiger partial charge in [0.15, 0.2) is 30.7 Å². The number of aliphatic hydroxyl groups excluding tert-OH is 1. The van der Waals surface area contributed by atoms with Crippen LogP contribution in [0.4, 0.5) is 10.2 Å². The smallest absolute Gasteiger partial charge is 0.335 e. The maximum atomic E-state index is 14.0. The van der Waals surface area contributed by atoms with E-state index in [1.807, 2.05) is 0 Å². The van der Waals surface area contributed by atoms with Crippen molar-refractivity contribution < 1.29 is 28.7 Å². The molecule has 0 aromatic carbocycles. The first-order valence-electron chi connectivity index (χ1n) is 5.70. The molecule has 1 aliphatic rings. The number of nitrogens with two attached hydrogens (primary N) is 1. The maximum Gasteiger partial charge on any atom is 0.335 e. The summed E-state index contributed by atoms with van der Waals surface area (Å²) in [6.45, 7) is 0. The van der Waals surface area contributed by atoms with Gasteiger partial charge in [-0.05, 0) is 0 Å². The van der Waals surface area contributed by atoms with Gasteiger partial charge in [-0.25, -0.2) is 13.8 Å². The third kappa shape index (κ3) is 1.69. The second kappa shape index (κ2) is 4.35. The summed E-state index contributed by atoms with van der Waals surface area (Å²) in [6, 6.07) is 0. The molecular weight excluding hydrogens is 273 g/mol. The number of nitrogen functional groups attached to an aromatic ring is 1. The lowest BCUT2D eigenvalue weighted by atomic mass is 10.1. The number of carboxylic acid groups (broad SMARTS) is 1. The second-order valence-corrected chi connectivity index (χ2v) is 4.36. The van der Waals surface area contributed by atoms with Crippen LogP contribution < -0.4 is 10.3 Å². The van der Waals surface area contributed by atoms with Crippen LogP contribution in [0.2, 0.25) is 0 Å². The fourth-order valence-electron chi connectivity index (χ4n) is 2.18. The minimum Gasteiger partial charge on any atom is -0.479 e. The van der Waals surface area contributed by atoms with Gasteiger partial charge in [0.2, 0.25) is 11.7 Å². The van der Waals surface area contributed by atoms with E-state index in [1.54, 1.807) is 0 Å². The number of rotatable bonds is 2. The van der Waals surface area contributed by atoms with Crippen molar-refractivity contribution in [2.45, 2.75) is 24.6 Å². The van der Waals surface area contributed by atoms with E-state index in [9.17, 15) is 14.3 Å². The quantitative estimate of drug-likeness (QED) is 0.493. The number of aromatic nitrogens is 4. The standard InChI is InChI=1S/C10H10FN5O4/c11-3-5(17)6(10(18)19)20-9(3)16-2-15-4-7(12)13-1-14-8(4)16/h1-3,5-6,9,17H,(H3,12,13,14,18,19)/p+1. The van der Waals surface area contributed by atoms with Crippen LogP contribution in [0.15, 0.2) is 12.7 Å². The molecule has 9 nitrogen and oxygen atoms in total. The number of carboxylic acids is 1. The molecule has 0 aliphatic carbocycles. The van der Waals surface area contributed by atoms with Gasteiger partial charge in [-0.3, -0.25) is 4.98 Å². The summed E-state index contributed by atoms with van der Waals surface area (Å²) in [6.07, 6.45) is -4.08. The van der Waals surface area contributed by atoms with Crippen LogP contribution in [0.1, 0.15) is 6.23 Å².